The number of rotatable bonds is 7. The van der Waals surface area contributed by atoms with Crippen molar-refractivity contribution in [1.82, 2.24) is 0 Å². The molecule has 0 amide bonds. The minimum atomic E-state index is -1.20. The van der Waals surface area contributed by atoms with Crippen molar-refractivity contribution in [3.05, 3.63) is 71.8 Å². The minimum absolute atomic E-state index is 0.137. The number of hydrogen-bond donors (Lipinski definition) is 3. The van der Waals surface area contributed by atoms with Crippen molar-refractivity contribution in [1.29, 1.82) is 0 Å². The Morgan fingerprint density at radius 2 is 1.22 bits per heavy atom. The van der Waals surface area contributed by atoms with Gasteiger partial charge in [0.25, 0.3) is 0 Å². The zero-order valence-corrected chi connectivity index (χ0v) is 13.1. The maximum Gasteiger partial charge on any atom is 0.122 e. The highest BCUT2D eigenvalue weighted by Gasteiger charge is 2.13. The third kappa shape index (κ3) is 8.26. The van der Waals surface area contributed by atoms with Crippen LogP contribution in [-0.2, 0) is 17.6 Å². The monoisotopic (exact) mass is 316 g/mol. The molecule has 0 saturated heterocycles. The molecule has 2 aromatic carbocycles. The molecular weight excluding hydrogens is 292 g/mol. The zero-order valence-electron chi connectivity index (χ0n) is 13.1. The molecule has 0 unspecified atom stereocenters. The molecule has 4 nitrogen and oxygen atoms in total. The fourth-order valence-electron chi connectivity index (χ4n) is 1.96. The van der Waals surface area contributed by atoms with Crippen LogP contribution in [-0.4, -0.2) is 40.4 Å². The largest absolute Gasteiger partial charge is 0.394 e. The Hall–Kier alpha value is -2.01. The van der Waals surface area contributed by atoms with E-state index < -0.39 is 18.8 Å². The van der Waals surface area contributed by atoms with Crippen LogP contribution in [0.1, 0.15) is 17.5 Å². The number of hydrogen-bond acceptors (Lipinski definition) is 4. The fourth-order valence-corrected chi connectivity index (χ4v) is 1.96. The molecule has 0 bridgehead atoms. The second-order valence-corrected chi connectivity index (χ2v) is 5.19. The smallest absolute Gasteiger partial charge is 0.122 e. The van der Waals surface area contributed by atoms with E-state index in [1.54, 1.807) is 0 Å². The summed E-state index contributed by atoms with van der Waals surface area (Å²) in [6.07, 6.45) is 0.281. The van der Waals surface area contributed by atoms with Crippen LogP contribution in [0.5, 0.6) is 0 Å². The van der Waals surface area contributed by atoms with E-state index in [0.717, 1.165) is 12.8 Å². The molecule has 3 N–H and O–H groups in total. The van der Waals surface area contributed by atoms with E-state index in [1.165, 1.54) is 11.1 Å². The van der Waals surface area contributed by atoms with Crippen LogP contribution in [0.15, 0.2) is 60.7 Å². The lowest BCUT2D eigenvalue weighted by molar-refractivity contribution is -0.111. The first kappa shape index (κ1) is 19.0. The van der Waals surface area contributed by atoms with Crippen LogP contribution >= 0.6 is 0 Å². The van der Waals surface area contributed by atoms with Crippen LogP contribution in [0.25, 0.3) is 0 Å². The fraction of sp³-hybridized carbons (Fsp3) is 0.316. The maximum atomic E-state index is 9.68. The quantitative estimate of drug-likeness (QED) is 0.680. The topological polar surface area (TPSA) is 77.8 Å². The first-order valence-electron chi connectivity index (χ1n) is 7.65. The molecule has 0 aliphatic carbocycles. The Labute approximate surface area is 137 Å². The summed E-state index contributed by atoms with van der Waals surface area (Å²) >= 11 is 0. The summed E-state index contributed by atoms with van der Waals surface area (Å²) in [7, 11) is 0. The lowest BCUT2D eigenvalue weighted by atomic mass is 10.0. The molecule has 0 spiro atoms. The number of carbonyl (C=O) groups is 1. The summed E-state index contributed by atoms with van der Waals surface area (Å²) in [6, 6.07) is 21.2. The SMILES string of the molecule is O=CC[C@H](O)[C@@H](O)CO.c1ccc(CCc2ccccc2)cc1. The predicted molar refractivity (Wildman–Crippen MR) is 90.1 cm³/mol. The van der Waals surface area contributed by atoms with Gasteiger partial charge in [-0.3, -0.25) is 0 Å². The van der Waals surface area contributed by atoms with Crippen LogP contribution < -0.4 is 0 Å². The third-order valence-electron chi connectivity index (χ3n) is 3.36. The Morgan fingerprint density at radius 1 is 0.783 bits per heavy atom. The van der Waals surface area contributed by atoms with E-state index in [1.807, 2.05) is 0 Å². The summed E-state index contributed by atoms with van der Waals surface area (Å²) in [5.41, 5.74) is 2.83. The van der Waals surface area contributed by atoms with Gasteiger partial charge in [-0.25, -0.2) is 0 Å². The Kier molecular flexibility index (Phi) is 9.55. The van der Waals surface area contributed by atoms with Crippen molar-refractivity contribution >= 4 is 6.29 Å². The molecule has 0 heterocycles. The summed E-state index contributed by atoms with van der Waals surface area (Å²) in [4.78, 5) is 9.68. The van der Waals surface area contributed by atoms with Crippen molar-refractivity contribution in [2.75, 3.05) is 6.61 Å². The van der Waals surface area contributed by atoms with E-state index in [-0.39, 0.29) is 6.42 Å². The lowest BCUT2D eigenvalue weighted by Crippen LogP contribution is -2.29. The molecule has 0 saturated carbocycles. The molecule has 0 aromatic heterocycles. The van der Waals surface area contributed by atoms with E-state index >= 15 is 0 Å². The average molecular weight is 316 g/mol. The average Bonchev–Trinajstić information content (AvgIpc) is 2.62. The van der Waals surface area contributed by atoms with Gasteiger partial charge in [-0.2, -0.15) is 0 Å². The molecule has 0 radical (unpaired) electrons. The number of aliphatic hydroxyl groups is 3. The van der Waals surface area contributed by atoms with Gasteiger partial charge < -0.3 is 20.1 Å². The van der Waals surface area contributed by atoms with Gasteiger partial charge in [-0.1, -0.05) is 60.7 Å². The minimum Gasteiger partial charge on any atom is -0.394 e. The van der Waals surface area contributed by atoms with Gasteiger partial charge >= 0.3 is 0 Å². The molecule has 0 fully saturated rings. The highest BCUT2D eigenvalue weighted by atomic mass is 16.4. The van der Waals surface area contributed by atoms with Crippen molar-refractivity contribution in [3.8, 4) is 0 Å². The molecule has 4 heteroatoms. The van der Waals surface area contributed by atoms with Crippen molar-refractivity contribution in [2.45, 2.75) is 31.5 Å². The molecule has 2 rings (SSSR count). The van der Waals surface area contributed by atoms with E-state index in [9.17, 15) is 4.79 Å². The van der Waals surface area contributed by atoms with Crippen molar-refractivity contribution in [3.63, 3.8) is 0 Å². The van der Waals surface area contributed by atoms with Gasteiger partial charge in [0.15, 0.2) is 0 Å². The number of aliphatic hydroxyl groups excluding tert-OH is 3. The molecule has 124 valence electrons. The normalized spacial score (nSPS) is 12.7. The third-order valence-corrected chi connectivity index (χ3v) is 3.36. The highest BCUT2D eigenvalue weighted by Crippen LogP contribution is 2.06. The standard InChI is InChI=1S/C14H14.C5H10O4/c1-3-7-13(8-4-1)11-12-14-9-5-2-6-10-14;6-2-1-4(8)5(9)3-7/h1-10H,11-12H2;2,4-5,7-9H,1,3H2/t;4-,5-/m.0/s1. The summed E-state index contributed by atoms with van der Waals surface area (Å²) in [5, 5.41) is 25.5. The number of carbonyl (C=O) groups excluding carboxylic acids is 1. The Balaban J connectivity index is 0.000000257. The Bertz CT molecular complexity index is 488. The van der Waals surface area contributed by atoms with E-state index in [4.69, 9.17) is 15.3 Å². The van der Waals surface area contributed by atoms with Crippen molar-refractivity contribution in [2.24, 2.45) is 0 Å². The van der Waals surface area contributed by atoms with Crippen LogP contribution in [0, 0.1) is 0 Å². The first-order valence-corrected chi connectivity index (χ1v) is 7.65. The molecule has 2 atom stereocenters. The predicted octanol–water partition coefficient (Wildman–Crippen LogP) is 1.76. The van der Waals surface area contributed by atoms with Gasteiger partial charge in [0, 0.05) is 6.42 Å². The van der Waals surface area contributed by atoms with E-state index in [0.29, 0.717) is 6.29 Å². The van der Waals surface area contributed by atoms with Gasteiger partial charge in [0.1, 0.15) is 12.4 Å². The lowest BCUT2D eigenvalue weighted by Gasteiger charge is -2.11. The van der Waals surface area contributed by atoms with Gasteiger partial charge in [-0.05, 0) is 24.0 Å². The van der Waals surface area contributed by atoms with E-state index in [2.05, 4.69) is 60.7 Å². The van der Waals surface area contributed by atoms with Crippen molar-refractivity contribution < 1.29 is 20.1 Å². The summed E-state index contributed by atoms with van der Waals surface area (Å²) in [6.45, 7) is -0.519. The molecule has 2 aromatic rings. The summed E-state index contributed by atoms with van der Waals surface area (Å²) < 4.78 is 0. The van der Waals surface area contributed by atoms with Crippen LogP contribution in [0.3, 0.4) is 0 Å². The zero-order chi connectivity index (χ0) is 16.9. The van der Waals surface area contributed by atoms with Crippen LogP contribution in [0.4, 0.5) is 0 Å². The van der Waals surface area contributed by atoms with Gasteiger partial charge in [0.2, 0.25) is 0 Å². The highest BCUT2D eigenvalue weighted by molar-refractivity contribution is 5.50. The van der Waals surface area contributed by atoms with Gasteiger partial charge in [0.05, 0.1) is 12.7 Å². The molecule has 0 aliphatic heterocycles. The Morgan fingerprint density at radius 3 is 1.57 bits per heavy atom. The molecular formula is C19H24O4. The first-order chi connectivity index (χ1) is 11.2. The molecule has 0 aliphatic rings. The second-order valence-electron chi connectivity index (χ2n) is 5.19. The maximum absolute atomic E-state index is 9.68. The number of benzene rings is 2. The van der Waals surface area contributed by atoms with Gasteiger partial charge in [-0.15, -0.1) is 0 Å². The van der Waals surface area contributed by atoms with Crippen LogP contribution in [0.2, 0.25) is 0 Å². The number of aryl methyl sites for hydroxylation is 2. The number of aldehydes is 1. The molecule has 23 heavy (non-hydrogen) atoms. The second kappa shape index (κ2) is 11.5. The summed E-state index contributed by atoms with van der Waals surface area (Å²) in [5.74, 6) is 0.